The fraction of sp³-hybridized carbons (Fsp3) is 0.125. The largest absolute Gasteiger partial charge is 0.305 e. The van der Waals surface area contributed by atoms with Crippen LogP contribution in [0.15, 0.2) is 12.1 Å². The summed E-state index contributed by atoms with van der Waals surface area (Å²) in [4.78, 5) is 20.6. The Labute approximate surface area is 93.7 Å². The molecule has 0 N–H and O–H groups in total. The summed E-state index contributed by atoms with van der Waals surface area (Å²) in [5.74, 6) is -2.05. The molecule has 0 radical (unpaired) electrons. The Morgan fingerprint density at radius 1 is 1.53 bits per heavy atom. The number of nitrogens with zero attached hydrogens (tertiary/aromatic N) is 1. The number of hydrogen-bond donors (Lipinski definition) is 0. The molecule has 15 heavy (non-hydrogen) atoms. The van der Waals surface area contributed by atoms with Gasteiger partial charge in [0.05, 0.1) is 15.8 Å². The van der Waals surface area contributed by atoms with Gasteiger partial charge in [-0.25, -0.2) is 0 Å². The maximum Gasteiger partial charge on any atom is 0.305 e. The maximum atomic E-state index is 13.0. The van der Waals surface area contributed by atoms with E-state index in [1.54, 1.807) is 0 Å². The van der Waals surface area contributed by atoms with Crippen LogP contribution in [-0.2, 0) is 0 Å². The third-order valence-electron chi connectivity index (χ3n) is 1.65. The van der Waals surface area contributed by atoms with Gasteiger partial charge in [-0.05, 0) is 0 Å². The molecule has 0 aliphatic heterocycles. The van der Waals surface area contributed by atoms with Gasteiger partial charge in [-0.3, -0.25) is 14.9 Å². The van der Waals surface area contributed by atoms with Gasteiger partial charge in [0.25, 0.3) is 0 Å². The maximum absolute atomic E-state index is 13.0. The Hall–Kier alpha value is -1.20. The van der Waals surface area contributed by atoms with Crippen LogP contribution >= 0.6 is 23.2 Å². The second kappa shape index (κ2) is 4.55. The van der Waals surface area contributed by atoms with Crippen molar-refractivity contribution in [1.29, 1.82) is 0 Å². The van der Waals surface area contributed by atoms with Crippen molar-refractivity contribution >= 4 is 34.7 Å². The Bertz CT molecular complexity index is 436. The predicted molar refractivity (Wildman–Crippen MR) is 53.1 cm³/mol. The molecule has 0 heterocycles. The molecular weight excluding hydrogens is 248 g/mol. The summed E-state index contributed by atoms with van der Waals surface area (Å²) in [5.41, 5.74) is -0.951. The average molecular weight is 252 g/mol. The number of benzene rings is 1. The Morgan fingerprint density at radius 3 is 2.60 bits per heavy atom. The van der Waals surface area contributed by atoms with E-state index < -0.39 is 22.2 Å². The molecule has 1 aromatic carbocycles. The molecule has 0 aliphatic rings. The van der Waals surface area contributed by atoms with Gasteiger partial charge in [0.1, 0.15) is 0 Å². The highest BCUT2D eigenvalue weighted by molar-refractivity contribution is 6.37. The number of alkyl halides is 1. The van der Waals surface area contributed by atoms with Crippen molar-refractivity contribution in [3.05, 3.63) is 38.7 Å². The fourth-order valence-corrected chi connectivity index (χ4v) is 1.36. The minimum absolute atomic E-state index is 0.153. The zero-order valence-corrected chi connectivity index (χ0v) is 8.68. The molecule has 0 bridgehead atoms. The molecule has 0 aliphatic carbocycles. The second-order valence-electron chi connectivity index (χ2n) is 2.60. The number of hydrogen-bond acceptors (Lipinski definition) is 3. The number of carbonyl (C=O) groups excluding carboxylic acids is 1. The van der Waals surface area contributed by atoms with Gasteiger partial charge in [-0.2, -0.15) is 4.39 Å². The van der Waals surface area contributed by atoms with E-state index in [2.05, 4.69) is 0 Å². The molecule has 0 unspecified atom stereocenters. The van der Waals surface area contributed by atoms with Gasteiger partial charge >= 0.3 is 5.69 Å². The Balaban J connectivity index is 3.36. The van der Waals surface area contributed by atoms with Crippen molar-refractivity contribution in [2.24, 2.45) is 0 Å². The second-order valence-corrected chi connectivity index (χ2v) is 3.27. The Morgan fingerprint density at radius 2 is 2.13 bits per heavy atom. The van der Waals surface area contributed by atoms with E-state index >= 15 is 0 Å². The third kappa shape index (κ3) is 2.43. The number of rotatable bonds is 3. The molecule has 80 valence electrons. The summed E-state index contributed by atoms with van der Waals surface area (Å²) in [6, 6.07) is 1.50. The first-order chi connectivity index (χ1) is 6.97. The molecule has 0 saturated carbocycles. The molecule has 4 nitrogen and oxygen atoms in total. The SMILES string of the molecule is O=C(CCl)c1cc([N+](=O)[O-])c(F)cc1Cl. The average Bonchev–Trinajstić information content (AvgIpc) is 2.16. The topological polar surface area (TPSA) is 60.2 Å². The molecule has 0 amide bonds. The van der Waals surface area contributed by atoms with Crippen LogP contribution in [0.25, 0.3) is 0 Å². The number of ketones is 1. The van der Waals surface area contributed by atoms with Crippen LogP contribution in [0.1, 0.15) is 10.4 Å². The van der Waals surface area contributed by atoms with Crippen LogP contribution in [-0.4, -0.2) is 16.6 Å². The first-order valence-corrected chi connectivity index (χ1v) is 4.61. The fourth-order valence-electron chi connectivity index (χ4n) is 0.963. The number of carbonyl (C=O) groups is 1. The van der Waals surface area contributed by atoms with Crippen molar-refractivity contribution in [3.8, 4) is 0 Å². The molecule has 7 heteroatoms. The molecule has 0 atom stereocenters. The van der Waals surface area contributed by atoms with Gasteiger partial charge in [0.2, 0.25) is 5.82 Å². The molecular formula is C8H4Cl2FNO3. The standard InChI is InChI=1S/C8H4Cl2FNO3/c9-3-8(13)4-1-7(12(14)15)6(11)2-5(4)10/h1-2H,3H2. The molecule has 0 spiro atoms. The molecule has 0 saturated heterocycles. The summed E-state index contributed by atoms with van der Waals surface area (Å²) in [7, 11) is 0. The molecule has 0 aromatic heterocycles. The molecule has 1 aromatic rings. The third-order valence-corrected chi connectivity index (χ3v) is 2.21. The first-order valence-electron chi connectivity index (χ1n) is 3.70. The lowest BCUT2D eigenvalue weighted by Gasteiger charge is -2.01. The number of nitro benzene ring substituents is 1. The summed E-state index contributed by atoms with van der Waals surface area (Å²) in [6.45, 7) is 0. The number of nitro groups is 1. The van der Waals surface area contributed by atoms with E-state index in [0.29, 0.717) is 0 Å². The lowest BCUT2D eigenvalue weighted by Crippen LogP contribution is -2.04. The lowest BCUT2D eigenvalue weighted by molar-refractivity contribution is -0.387. The zero-order chi connectivity index (χ0) is 11.6. The highest BCUT2D eigenvalue weighted by Gasteiger charge is 2.20. The van der Waals surface area contributed by atoms with Crippen molar-refractivity contribution in [2.75, 3.05) is 5.88 Å². The van der Waals surface area contributed by atoms with Crippen LogP contribution in [0.5, 0.6) is 0 Å². The van der Waals surface area contributed by atoms with Gasteiger partial charge in [-0.15, -0.1) is 11.6 Å². The van der Waals surface area contributed by atoms with Crippen LogP contribution in [0.4, 0.5) is 10.1 Å². The number of halogens is 3. The normalized spacial score (nSPS) is 10.1. The smallest absolute Gasteiger partial charge is 0.293 e. The first kappa shape index (κ1) is 11.9. The lowest BCUT2D eigenvalue weighted by atomic mass is 10.1. The summed E-state index contributed by atoms with van der Waals surface area (Å²) < 4.78 is 13.0. The van der Waals surface area contributed by atoms with E-state index in [0.717, 1.165) is 12.1 Å². The van der Waals surface area contributed by atoms with E-state index in [1.807, 2.05) is 0 Å². The van der Waals surface area contributed by atoms with E-state index in [4.69, 9.17) is 23.2 Å². The highest BCUT2D eigenvalue weighted by Crippen LogP contribution is 2.26. The van der Waals surface area contributed by atoms with E-state index in [-0.39, 0.29) is 16.5 Å². The highest BCUT2D eigenvalue weighted by atomic mass is 35.5. The van der Waals surface area contributed by atoms with Crippen LogP contribution < -0.4 is 0 Å². The predicted octanol–water partition coefficient (Wildman–Crippen LogP) is 2.81. The van der Waals surface area contributed by atoms with Crippen molar-refractivity contribution in [1.82, 2.24) is 0 Å². The molecule has 1 rings (SSSR count). The van der Waals surface area contributed by atoms with Gasteiger partial charge < -0.3 is 0 Å². The van der Waals surface area contributed by atoms with E-state index in [1.165, 1.54) is 0 Å². The van der Waals surface area contributed by atoms with Crippen molar-refractivity contribution in [3.63, 3.8) is 0 Å². The summed E-state index contributed by atoms with van der Waals surface area (Å²) >= 11 is 10.8. The van der Waals surface area contributed by atoms with Gasteiger partial charge in [-0.1, -0.05) is 11.6 Å². The quantitative estimate of drug-likeness (QED) is 0.359. The van der Waals surface area contributed by atoms with E-state index in [9.17, 15) is 19.3 Å². The zero-order valence-electron chi connectivity index (χ0n) is 7.17. The summed E-state index contributed by atoms with van der Waals surface area (Å²) in [5, 5.41) is 10.2. The van der Waals surface area contributed by atoms with Crippen molar-refractivity contribution in [2.45, 2.75) is 0 Å². The molecule has 0 fully saturated rings. The van der Waals surface area contributed by atoms with Crippen LogP contribution in [0.2, 0.25) is 5.02 Å². The summed E-state index contributed by atoms with van der Waals surface area (Å²) in [6.07, 6.45) is 0. The Kier molecular flexibility index (Phi) is 3.60. The van der Waals surface area contributed by atoms with Gasteiger partial charge in [0.15, 0.2) is 5.78 Å². The van der Waals surface area contributed by atoms with Gasteiger partial charge in [0, 0.05) is 17.7 Å². The van der Waals surface area contributed by atoms with Crippen molar-refractivity contribution < 1.29 is 14.1 Å². The van der Waals surface area contributed by atoms with Crippen LogP contribution in [0.3, 0.4) is 0 Å². The minimum atomic E-state index is -1.09. The monoisotopic (exact) mass is 251 g/mol. The van der Waals surface area contributed by atoms with Crippen LogP contribution in [0, 0.1) is 15.9 Å². The minimum Gasteiger partial charge on any atom is -0.293 e. The number of Topliss-reactive ketones (excluding diaryl/α,β-unsaturated/α-hetero) is 1.